The lowest BCUT2D eigenvalue weighted by Crippen LogP contribution is -2.28. The lowest BCUT2D eigenvalue weighted by atomic mass is 10.2. The summed E-state index contributed by atoms with van der Waals surface area (Å²) in [4.78, 5) is 11.5. The topological polar surface area (TPSA) is 67.2 Å². The van der Waals surface area contributed by atoms with E-state index in [-0.39, 0.29) is 5.91 Å². The van der Waals surface area contributed by atoms with Crippen LogP contribution >= 0.6 is 23.2 Å². The van der Waals surface area contributed by atoms with E-state index >= 15 is 0 Å². The molecule has 0 spiro atoms. The van der Waals surface area contributed by atoms with Gasteiger partial charge in [0.05, 0.1) is 21.4 Å². The van der Waals surface area contributed by atoms with E-state index in [2.05, 4.69) is 24.5 Å². The Bertz CT molecular complexity index is 450. The van der Waals surface area contributed by atoms with Crippen molar-refractivity contribution in [3.63, 3.8) is 0 Å². The van der Waals surface area contributed by atoms with Crippen molar-refractivity contribution >= 4 is 40.5 Å². The lowest BCUT2D eigenvalue weighted by molar-refractivity contribution is -0.120. The van der Waals surface area contributed by atoms with Gasteiger partial charge in [-0.15, -0.1) is 0 Å². The van der Waals surface area contributed by atoms with E-state index in [1.807, 2.05) is 0 Å². The number of nitrogens with two attached hydrogens (primary N) is 1. The molecule has 0 bridgehead atoms. The summed E-state index contributed by atoms with van der Waals surface area (Å²) in [6, 6.07) is 3.25. The largest absolute Gasteiger partial charge is 0.397 e. The van der Waals surface area contributed by atoms with Gasteiger partial charge in [-0.1, -0.05) is 37.0 Å². The lowest BCUT2D eigenvalue weighted by Gasteiger charge is -2.11. The number of anilines is 2. The number of rotatable bonds is 6. The van der Waals surface area contributed by atoms with Crippen molar-refractivity contribution in [3.8, 4) is 0 Å². The Balaban J connectivity index is 2.41. The second kappa shape index (κ2) is 7.46. The molecule has 0 unspecified atom stereocenters. The molecule has 0 aromatic heterocycles. The summed E-state index contributed by atoms with van der Waals surface area (Å²) in [6.07, 6.45) is 0.381. The molecular formula is C13H19Cl2N3O. The Morgan fingerprint density at radius 2 is 1.95 bits per heavy atom. The van der Waals surface area contributed by atoms with Crippen molar-refractivity contribution < 1.29 is 4.79 Å². The average molecular weight is 304 g/mol. The van der Waals surface area contributed by atoms with E-state index in [0.717, 1.165) is 0 Å². The van der Waals surface area contributed by atoms with Gasteiger partial charge in [0.2, 0.25) is 5.91 Å². The number of nitrogens with one attached hydrogen (secondary N) is 2. The minimum Gasteiger partial charge on any atom is -0.397 e. The second-order valence-electron chi connectivity index (χ2n) is 4.73. The molecule has 4 N–H and O–H groups in total. The first-order valence-electron chi connectivity index (χ1n) is 6.15. The van der Waals surface area contributed by atoms with Gasteiger partial charge in [-0.3, -0.25) is 4.79 Å². The van der Waals surface area contributed by atoms with Crippen LogP contribution in [0, 0.1) is 5.92 Å². The van der Waals surface area contributed by atoms with Crippen LogP contribution in [-0.2, 0) is 4.79 Å². The molecule has 0 atom stereocenters. The molecule has 1 aromatic rings. The first kappa shape index (κ1) is 15.9. The summed E-state index contributed by atoms with van der Waals surface area (Å²) in [5, 5.41) is 6.77. The Morgan fingerprint density at radius 1 is 1.32 bits per heavy atom. The van der Waals surface area contributed by atoms with Crippen molar-refractivity contribution in [1.29, 1.82) is 0 Å². The molecule has 1 amide bonds. The van der Waals surface area contributed by atoms with Crippen molar-refractivity contribution in [2.24, 2.45) is 5.92 Å². The standard InChI is InChI=1S/C13H19Cl2N3O/c1-8(2)7-18-13(19)3-4-17-12-6-10(15)9(14)5-11(12)16/h5-6,8,17H,3-4,7,16H2,1-2H3,(H,18,19). The normalized spacial score (nSPS) is 10.6. The molecule has 0 heterocycles. The molecule has 0 fully saturated rings. The number of carbonyl (C=O) groups excluding carboxylic acids is 1. The molecule has 0 aliphatic carbocycles. The highest BCUT2D eigenvalue weighted by Gasteiger charge is 2.06. The maximum absolute atomic E-state index is 11.5. The maximum atomic E-state index is 11.5. The number of carbonyl (C=O) groups is 1. The molecule has 1 aromatic carbocycles. The van der Waals surface area contributed by atoms with E-state index in [9.17, 15) is 4.79 Å². The molecule has 0 saturated carbocycles. The fraction of sp³-hybridized carbons (Fsp3) is 0.462. The van der Waals surface area contributed by atoms with Crippen LogP contribution in [0.2, 0.25) is 10.0 Å². The highest BCUT2D eigenvalue weighted by molar-refractivity contribution is 6.42. The van der Waals surface area contributed by atoms with Gasteiger partial charge in [0, 0.05) is 19.5 Å². The fourth-order valence-electron chi connectivity index (χ4n) is 1.43. The Labute approximate surface area is 123 Å². The third-order valence-electron chi connectivity index (χ3n) is 2.47. The number of hydrogen-bond acceptors (Lipinski definition) is 3. The van der Waals surface area contributed by atoms with E-state index in [0.29, 0.717) is 46.8 Å². The van der Waals surface area contributed by atoms with E-state index in [4.69, 9.17) is 28.9 Å². The highest BCUT2D eigenvalue weighted by atomic mass is 35.5. The average Bonchev–Trinajstić information content (AvgIpc) is 2.33. The summed E-state index contributed by atoms with van der Waals surface area (Å²) in [5.41, 5.74) is 7.00. The second-order valence-corrected chi connectivity index (χ2v) is 5.54. The molecule has 19 heavy (non-hydrogen) atoms. The van der Waals surface area contributed by atoms with Crippen molar-refractivity contribution in [2.75, 3.05) is 24.1 Å². The summed E-state index contributed by atoms with van der Waals surface area (Å²) >= 11 is 11.7. The molecule has 0 aliphatic heterocycles. The Kier molecular flexibility index (Phi) is 6.25. The Morgan fingerprint density at radius 3 is 2.58 bits per heavy atom. The molecule has 1 rings (SSSR count). The van der Waals surface area contributed by atoms with Gasteiger partial charge in [-0.05, 0) is 18.1 Å². The molecule has 0 saturated heterocycles. The predicted molar refractivity (Wildman–Crippen MR) is 81.8 cm³/mol. The quantitative estimate of drug-likeness (QED) is 0.707. The number of benzene rings is 1. The monoisotopic (exact) mass is 303 g/mol. The number of amides is 1. The van der Waals surface area contributed by atoms with E-state index in [1.54, 1.807) is 12.1 Å². The molecule has 0 aliphatic rings. The summed E-state index contributed by atoms with van der Waals surface area (Å²) in [7, 11) is 0. The van der Waals surface area contributed by atoms with Crippen molar-refractivity contribution in [1.82, 2.24) is 5.32 Å². The third-order valence-corrected chi connectivity index (χ3v) is 3.19. The Hall–Kier alpha value is -1.13. The van der Waals surface area contributed by atoms with Gasteiger partial charge in [-0.2, -0.15) is 0 Å². The zero-order chi connectivity index (χ0) is 14.4. The molecule has 6 heteroatoms. The van der Waals surface area contributed by atoms with Gasteiger partial charge in [0.15, 0.2) is 0 Å². The molecular weight excluding hydrogens is 285 g/mol. The third kappa shape index (κ3) is 5.57. The smallest absolute Gasteiger partial charge is 0.221 e. The van der Waals surface area contributed by atoms with Gasteiger partial charge >= 0.3 is 0 Å². The van der Waals surface area contributed by atoms with Crippen LogP contribution in [0.15, 0.2) is 12.1 Å². The fourth-order valence-corrected chi connectivity index (χ4v) is 1.77. The number of halogens is 2. The van der Waals surface area contributed by atoms with Crippen LogP contribution in [0.3, 0.4) is 0 Å². The summed E-state index contributed by atoms with van der Waals surface area (Å²) in [5.74, 6) is 0.461. The zero-order valence-electron chi connectivity index (χ0n) is 11.1. The van der Waals surface area contributed by atoms with E-state index in [1.165, 1.54) is 0 Å². The van der Waals surface area contributed by atoms with Crippen LogP contribution in [0.25, 0.3) is 0 Å². The zero-order valence-corrected chi connectivity index (χ0v) is 12.6. The van der Waals surface area contributed by atoms with E-state index < -0.39 is 0 Å². The van der Waals surface area contributed by atoms with Crippen LogP contribution in [0.4, 0.5) is 11.4 Å². The van der Waals surface area contributed by atoms with Crippen LogP contribution < -0.4 is 16.4 Å². The molecule has 106 valence electrons. The molecule has 0 radical (unpaired) electrons. The minimum absolute atomic E-state index is 0.0137. The molecule has 4 nitrogen and oxygen atoms in total. The van der Waals surface area contributed by atoms with Crippen LogP contribution in [0.1, 0.15) is 20.3 Å². The summed E-state index contributed by atoms with van der Waals surface area (Å²) in [6.45, 7) is 5.28. The van der Waals surface area contributed by atoms with Gasteiger partial charge in [-0.25, -0.2) is 0 Å². The first-order valence-corrected chi connectivity index (χ1v) is 6.91. The maximum Gasteiger partial charge on any atom is 0.221 e. The number of nitrogen functional groups attached to an aromatic ring is 1. The van der Waals surface area contributed by atoms with Gasteiger partial charge in [0.25, 0.3) is 0 Å². The van der Waals surface area contributed by atoms with Crippen LogP contribution in [0.5, 0.6) is 0 Å². The highest BCUT2D eigenvalue weighted by Crippen LogP contribution is 2.30. The van der Waals surface area contributed by atoms with Crippen LogP contribution in [-0.4, -0.2) is 19.0 Å². The predicted octanol–water partition coefficient (Wildman–Crippen LogP) is 3.15. The van der Waals surface area contributed by atoms with Gasteiger partial charge in [0.1, 0.15) is 0 Å². The number of hydrogen-bond donors (Lipinski definition) is 3. The summed E-state index contributed by atoms with van der Waals surface area (Å²) < 4.78 is 0. The minimum atomic E-state index is 0.0137. The van der Waals surface area contributed by atoms with Crippen molar-refractivity contribution in [2.45, 2.75) is 20.3 Å². The van der Waals surface area contributed by atoms with Gasteiger partial charge < -0.3 is 16.4 Å². The SMILES string of the molecule is CC(C)CNC(=O)CCNc1cc(Cl)c(Cl)cc1N. The van der Waals surface area contributed by atoms with Crippen molar-refractivity contribution in [3.05, 3.63) is 22.2 Å². The first-order chi connectivity index (χ1) is 8.90.